The maximum absolute atomic E-state index is 9.66. The standard InChI is InChI=1S/C27H28N10/c1-19-31-6-5-24(34-19)18-35-7-9-36(10-8-35)26-4-3-20(15-32-26)25-11-21(22(12-28)14-30-2)17-37-27(25)23(13-29)16-33-37/h3-6,11-12,14-17H,7-10,18,28H2,1-2H3. The van der Waals surface area contributed by atoms with Crippen molar-refractivity contribution in [1.82, 2.24) is 29.5 Å². The van der Waals surface area contributed by atoms with E-state index >= 15 is 0 Å². The van der Waals surface area contributed by atoms with Crippen LogP contribution in [0.3, 0.4) is 0 Å². The predicted molar refractivity (Wildman–Crippen MR) is 144 cm³/mol. The van der Waals surface area contributed by atoms with Crippen LogP contribution in [0.5, 0.6) is 0 Å². The highest BCUT2D eigenvalue weighted by Crippen LogP contribution is 2.30. The highest BCUT2D eigenvalue weighted by Gasteiger charge is 2.20. The molecule has 10 heteroatoms. The van der Waals surface area contributed by atoms with Gasteiger partial charge in [0.25, 0.3) is 0 Å². The zero-order chi connectivity index (χ0) is 25.8. The van der Waals surface area contributed by atoms with E-state index in [4.69, 9.17) is 10.7 Å². The Hall–Kier alpha value is -4.62. The van der Waals surface area contributed by atoms with Gasteiger partial charge in [0.05, 0.1) is 23.0 Å². The van der Waals surface area contributed by atoms with E-state index in [1.807, 2.05) is 49.8 Å². The molecular weight excluding hydrogens is 464 g/mol. The van der Waals surface area contributed by atoms with Crippen LogP contribution in [0.2, 0.25) is 0 Å². The van der Waals surface area contributed by atoms with E-state index in [2.05, 4.69) is 35.9 Å². The topological polar surface area (TPSA) is 125 Å². The van der Waals surface area contributed by atoms with Gasteiger partial charge in [-0.2, -0.15) is 10.4 Å². The van der Waals surface area contributed by atoms with E-state index in [1.165, 1.54) is 6.20 Å². The molecule has 186 valence electrons. The molecule has 0 unspecified atom stereocenters. The Morgan fingerprint density at radius 2 is 2.00 bits per heavy atom. The number of aryl methyl sites for hydroxylation is 1. The van der Waals surface area contributed by atoms with Gasteiger partial charge in [0.1, 0.15) is 17.7 Å². The van der Waals surface area contributed by atoms with Gasteiger partial charge in [-0.25, -0.2) is 19.5 Å². The molecule has 4 aromatic heterocycles. The summed E-state index contributed by atoms with van der Waals surface area (Å²) in [6, 6.07) is 10.3. The Morgan fingerprint density at radius 1 is 1.16 bits per heavy atom. The third-order valence-electron chi connectivity index (χ3n) is 6.49. The van der Waals surface area contributed by atoms with E-state index in [0.717, 1.165) is 77.8 Å². The van der Waals surface area contributed by atoms with Gasteiger partial charge in [-0.15, -0.1) is 0 Å². The average Bonchev–Trinajstić information content (AvgIpc) is 3.35. The fourth-order valence-electron chi connectivity index (χ4n) is 4.62. The van der Waals surface area contributed by atoms with Crippen molar-refractivity contribution in [3.8, 4) is 17.2 Å². The first-order valence-electron chi connectivity index (χ1n) is 12.1. The minimum absolute atomic E-state index is 0.503. The Labute approximate surface area is 215 Å². The Bertz CT molecular complexity index is 1500. The highest BCUT2D eigenvalue weighted by molar-refractivity contribution is 6.10. The van der Waals surface area contributed by atoms with Crippen molar-refractivity contribution in [2.24, 2.45) is 10.7 Å². The second-order valence-electron chi connectivity index (χ2n) is 8.88. The average molecular weight is 493 g/mol. The van der Waals surface area contributed by atoms with E-state index in [-0.39, 0.29) is 0 Å². The number of allylic oxidation sites excluding steroid dienone is 1. The largest absolute Gasteiger partial charge is 0.404 e. The van der Waals surface area contributed by atoms with Crippen LogP contribution in [0.4, 0.5) is 5.82 Å². The van der Waals surface area contributed by atoms with Crippen LogP contribution in [-0.4, -0.2) is 68.9 Å². The zero-order valence-corrected chi connectivity index (χ0v) is 20.9. The number of hydrogen-bond acceptors (Lipinski definition) is 9. The summed E-state index contributed by atoms with van der Waals surface area (Å²) in [5, 5.41) is 14.0. The molecule has 2 N–H and O–H groups in total. The number of aliphatic imine (C=N–C) groups is 1. The molecule has 1 saturated heterocycles. The molecule has 5 heterocycles. The predicted octanol–water partition coefficient (Wildman–Crippen LogP) is 2.69. The summed E-state index contributed by atoms with van der Waals surface area (Å²) in [6.45, 7) is 6.38. The van der Waals surface area contributed by atoms with Crippen molar-refractivity contribution >= 4 is 23.1 Å². The fourth-order valence-corrected chi connectivity index (χ4v) is 4.62. The van der Waals surface area contributed by atoms with Crippen LogP contribution in [0, 0.1) is 18.3 Å². The maximum atomic E-state index is 9.66. The van der Waals surface area contributed by atoms with Gasteiger partial charge in [-0.1, -0.05) is 0 Å². The maximum Gasteiger partial charge on any atom is 0.128 e. The van der Waals surface area contributed by atoms with Gasteiger partial charge < -0.3 is 10.6 Å². The number of fused-ring (bicyclic) bond motifs is 1. The minimum atomic E-state index is 0.503. The molecule has 0 amide bonds. The SMILES string of the molecule is CN=CC(=CN)c1cc(-c2ccc(N3CCN(Cc4ccnc(C)n4)CC3)nc2)c2c(C#N)cnn2c1. The number of hydrogen-bond donors (Lipinski definition) is 1. The van der Waals surface area contributed by atoms with Crippen LogP contribution in [0.25, 0.3) is 22.2 Å². The van der Waals surface area contributed by atoms with Gasteiger partial charge in [0.2, 0.25) is 0 Å². The third-order valence-corrected chi connectivity index (χ3v) is 6.49. The third kappa shape index (κ3) is 5.03. The smallest absolute Gasteiger partial charge is 0.128 e. The number of aromatic nitrogens is 5. The lowest BCUT2D eigenvalue weighted by Crippen LogP contribution is -2.46. The molecule has 0 aliphatic carbocycles. The van der Waals surface area contributed by atoms with Crippen molar-refractivity contribution in [1.29, 1.82) is 5.26 Å². The Morgan fingerprint density at radius 3 is 2.68 bits per heavy atom. The molecule has 0 radical (unpaired) electrons. The summed E-state index contributed by atoms with van der Waals surface area (Å²) in [4.78, 5) is 22.3. The van der Waals surface area contributed by atoms with Crippen molar-refractivity contribution in [3.05, 3.63) is 77.9 Å². The van der Waals surface area contributed by atoms with Gasteiger partial charge in [-0.05, 0) is 31.2 Å². The van der Waals surface area contributed by atoms with Crippen molar-refractivity contribution in [2.45, 2.75) is 13.5 Å². The summed E-state index contributed by atoms with van der Waals surface area (Å²) in [5.41, 5.74) is 11.5. The minimum Gasteiger partial charge on any atom is -0.404 e. The van der Waals surface area contributed by atoms with E-state index < -0.39 is 0 Å². The molecular formula is C27H28N10. The summed E-state index contributed by atoms with van der Waals surface area (Å²) in [5.74, 6) is 1.73. The quantitative estimate of drug-likeness (QED) is 0.407. The van der Waals surface area contributed by atoms with Crippen molar-refractivity contribution < 1.29 is 0 Å². The van der Waals surface area contributed by atoms with Crippen LogP contribution >= 0.6 is 0 Å². The molecule has 0 bridgehead atoms. The number of rotatable bonds is 6. The van der Waals surface area contributed by atoms with Gasteiger partial charge >= 0.3 is 0 Å². The van der Waals surface area contributed by atoms with Gasteiger partial charge in [0.15, 0.2) is 0 Å². The molecule has 1 aliphatic rings. The fraction of sp³-hybridized carbons (Fsp3) is 0.259. The Kier molecular flexibility index (Phi) is 6.87. The lowest BCUT2D eigenvalue weighted by molar-refractivity contribution is 0.246. The normalized spacial score (nSPS) is 14.9. The highest BCUT2D eigenvalue weighted by atomic mass is 15.3. The molecule has 0 saturated carbocycles. The molecule has 1 aliphatic heterocycles. The Balaban J connectivity index is 1.37. The number of nitrogens with two attached hydrogens (primary N) is 1. The summed E-state index contributed by atoms with van der Waals surface area (Å²) in [7, 11) is 1.70. The van der Waals surface area contributed by atoms with Gasteiger partial charge in [0, 0.05) is 93.0 Å². The monoisotopic (exact) mass is 492 g/mol. The summed E-state index contributed by atoms with van der Waals surface area (Å²) >= 11 is 0. The molecule has 0 spiro atoms. The van der Waals surface area contributed by atoms with E-state index in [1.54, 1.807) is 24.0 Å². The first-order valence-corrected chi connectivity index (χ1v) is 12.1. The van der Waals surface area contributed by atoms with Crippen LogP contribution in [0.15, 0.2) is 60.2 Å². The second-order valence-corrected chi connectivity index (χ2v) is 8.88. The first-order chi connectivity index (χ1) is 18.1. The summed E-state index contributed by atoms with van der Waals surface area (Å²) in [6.07, 6.45) is 10.3. The molecule has 1 fully saturated rings. The molecule has 4 aromatic rings. The lowest BCUT2D eigenvalue weighted by Gasteiger charge is -2.35. The van der Waals surface area contributed by atoms with Gasteiger partial charge in [-0.3, -0.25) is 9.89 Å². The van der Waals surface area contributed by atoms with Crippen molar-refractivity contribution in [3.63, 3.8) is 0 Å². The van der Waals surface area contributed by atoms with E-state index in [0.29, 0.717) is 5.56 Å². The van der Waals surface area contributed by atoms with E-state index in [9.17, 15) is 5.26 Å². The number of nitrogens with zero attached hydrogens (tertiary/aromatic N) is 9. The molecule has 10 nitrogen and oxygen atoms in total. The molecule has 5 rings (SSSR count). The molecule has 0 aromatic carbocycles. The van der Waals surface area contributed by atoms with Crippen LogP contribution in [0.1, 0.15) is 22.6 Å². The molecule has 37 heavy (non-hydrogen) atoms. The molecule has 0 atom stereocenters. The second kappa shape index (κ2) is 10.6. The summed E-state index contributed by atoms with van der Waals surface area (Å²) < 4.78 is 1.71. The van der Waals surface area contributed by atoms with Crippen molar-refractivity contribution in [2.75, 3.05) is 38.1 Å². The number of piperazine rings is 1. The van der Waals surface area contributed by atoms with Crippen LogP contribution < -0.4 is 10.6 Å². The first kappa shape index (κ1) is 24.1. The number of nitriles is 1. The van der Waals surface area contributed by atoms with Crippen LogP contribution in [-0.2, 0) is 6.54 Å². The number of pyridine rings is 2. The zero-order valence-electron chi connectivity index (χ0n) is 20.9. The number of anilines is 1. The lowest BCUT2D eigenvalue weighted by atomic mass is 10.0.